The van der Waals surface area contributed by atoms with Crippen LogP contribution in [0.2, 0.25) is 10.0 Å². The molecule has 0 aliphatic rings. The molecule has 0 unspecified atom stereocenters. The minimum absolute atomic E-state index is 0.527. The third-order valence-electron chi connectivity index (χ3n) is 3.10. The first-order valence-electron chi connectivity index (χ1n) is 6.97. The Morgan fingerprint density at radius 3 is 2.38 bits per heavy atom. The van der Waals surface area contributed by atoms with Crippen molar-refractivity contribution >= 4 is 29.0 Å². The van der Waals surface area contributed by atoms with Crippen LogP contribution in [0.15, 0.2) is 24.3 Å². The van der Waals surface area contributed by atoms with Gasteiger partial charge in [0.05, 0.1) is 0 Å². The van der Waals surface area contributed by atoms with Gasteiger partial charge in [0.15, 0.2) is 0 Å². The van der Waals surface area contributed by atoms with Gasteiger partial charge < -0.3 is 5.32 Å². The highest BCUT2D eigenvalue weighted by atomic mass is 35.5. The Labute approximate surface area is 135 Å². The predicted octanol–water partition coefficient (Wildman–Crippen LogP) is 4.61. The molecule has 0 aliphatic heterocycles. The molecule has 0 saturated heterocycles. The van der Waals surface area contributed by atoms with E-state index in [2.05, 4.69) is 29.1 Å². The highest BCUT2D eigenvalue weighted by molar-refractivity contribution is 6.36. The Bertz CT molecular complexity index is 607. The van der Waals surface area contributed by atoms with Crippen LogP contribution in [-0.2, 0) is 12.8 Å². The number of nitrogens with zero attached hydrogens (tertiary/aromatic N) is 2. The van der Waals surface area contributed by atoms with Crippen molar-refractivity contribution in [2.24, 2.45) is 5.92 Å². The Balaban J connectivity index is 2.35. The van der Waals surface area contributed by atoms with E-state index in [0.29, 0.717) is 22.4 Å². The van der Waals surface area contributed by atoms with Crippen LogP contribution in [0, 0.1) is 5.92 Å². The second-order valence-electron chi connectivity index (χ2n) is 5.39. The number of hydrogen-bond acceptors (Lipinski definition) is 3. The molecule has 0 saturated carbocycles. The fourth-order valence-corrected chi connectivity index (χ4v) is 2.67. The Hall–Kier alpha value is -1.32. The number of anilines is 1. The molecular weight excluding hydrogens is 305 g/mol. The van der Waals surface area contributed by atoms with Gasteiger partial charge in [0, 0.05) is 35.3 Å². The Kier molecular flexibility index (Phi) is 5.43. The van der Waals surface area contributed by atoms with E-state index in [1.165, 1.54) is 0 Å². The normalized spacial score (nSPS) is 11.0. The molecule has 1 N–H and O–H groups in total. The molecule has 0 atom stereocenters. The highest BCUT2D eigenvalue weighted by Gasteiger charge is 2.11. The maximum absolute atomic E-state index is 6.22. The van der Waals surface area contributed by atoms with Gasteiger partial charge in [-0.25, -0.2) is 9.97 Å². The minimum atomic E-state index is 0.527. The SMILES string of the molecule is CNc1cc(CC(C)C)nc(Cc2c(Cl)cccc2Cl)n1. The first-order chi connectivity index (χ1) is 9.99. The third kappa shape index (κ3) is 4.32. The van der Waals surface area contributed by atoms with Crippen LogP contribution in [0.3, 0.4) is 0 Å². The van der Waals surface area contributed by atoms with Crippen molar-refractivity contribution in [3.63, 3.8) is 0 Å². The van der Waals surface area contributed by atoms with Gasteiger partial charge in [-0.2, -0.15) is 0 Å². The third-order valence-corrected chi connectivity index (χ3v) is 3.80. The van der Waals surface area contributed by atoms with Crippen LogP contribution in [-0.4, -0.2) is 17.0 Å². The lowest BCUT2D eigenvalue weighted by Crippen LogP contribution is -2.07. The summed E-state index contributed by atoms with van der Waals surface area (Å²) in [6.45, 7) is 4.34. The zero-order valence-corrected chi connectivity index (χ0v) is 14.0. The average Bonchev–Trinajstić information content (AvgIpc) is 2.42. The standard InChI is InChI=1S/C16H19Cl2N3/c1-10(2)7-11-8-15(19-3)21-16(20-11)9-12-13(17)5-4-6-14(12)18/h4-6,8,10H,7,9H2,1-3H3,(H,19,20,21). The van der Waals surface area contributed by atoms with Crippen molar-refractivity contribution in [1.82, 2.24) is 9.97 Å². The first kappa shape index (κ1) is 16.1. The Morgan fingerprint density at radius 2 is 1.81 bits per heavy atom. The molecule has 2 rings (SSSR count). The van der Waals surface area contributed by atoms with E-state index >= 15 is 0 Å². The molecule has 1 heterocycles. The number of rotatable bonds is 5. The maximum Gasteiger partial charge on any atom is 0.135 e. The average molecular weight is 324 g/mol. The van der Waals surface area contributed by atoms with Crippen LogP contribution < -0.4 is 5.32 Å². The zero-order valence-electron chi connectivity index (χ0n) is 12.5. The van der Waals surface area contributed by atoms with E-state index in [-0.39, 0.29) is 0 Å². The van der Waals surface area contributed by atoms with Gasteiger partial charge >= 0.3 is 0 Å². The number of nitrogens with one attached hydrogen (secondary N) is 1. The summed E-state index contributed by atoms with van der Waals surface area (Å²) in [5.74, 6) is 2.09. The van der Waals surface area contributed by atoms with Crippen LogP contribution in [0.4, 0.5) is 5.82 Å². The van der Waals surface area contributed by atoms with Crippen molar-refractivity contribution in [3.05, 3.63) is 51.4 Å². The second-order valence-corrected chi connectivity index (χ2v) is 6.20. The lowest BCUT2D eigenvalue weighted by atomic mass is 10.1. The van der Waals surface area contributed by atoms with Gasteiger partial charge in [0.1, 0.15) is 11.6 Å². The van der Waals surface area contributed by atoms with Crippen LogP contribution >= 0.6 is 23.2 Å². The quantitative estimate of drug-likeness (QED) is 0.872. The molecule has 0 radical (unpaired) electrons. The maximum atomic E-state index is 6.22. The summed E-state index contributed by atoms with van der Waals surface area (Å²) in [5.41, 5.74) is 1.90. The molecule has 0 amide bonds. The molecule has 0 fully saturated rings. The van der Waals surface area contributed by atoms with Gasteiger partial charge in [-0.1, -0.05) is 43.1 Å². The summed E-state index contributed by atoms with van der Waals surface area (Å²) in [6, 6.07) is 7.49. The number of aromatic nitrogens is 2. The highest BCUT2D eigenvalue weighted by Crippen LogP contribution is 2.26. The van der Waals surface area contributed by atoms with Crippen molar-refractivity contribution in [2.75, 3.05) is 12.4 Å². The van der Waals surface area contributed by atoms with E-state index in [4.69, 9.17) is 23.2 Å². The molecule has 21 heavy (non-hydrogen) atoms. The summed E-state index contributed by atoms with van der Waals surface area (Å²) < 4.78 is 0. The van der Waals surface area contributed by atoms with Crippen LogP contribution in [0.5, 0.6) is 0 Å². The summed E-state index contributed by atoms with van der Waals surface area (Å²) in [4.78, 5) is 9.13. The van der Waals surface area contributed by atoms with Crippen molar-refractivity contribution in [3.8, 4) is 0 Å². The summed E-state index contributed by atoms with van der Waals surface area (Å²) in [6.07, 6.45) is 1.44. The number of halogens is 2. The summed E-state index contributed by atoms with van der Waals surface area (Å²) in [7, 11) is 1.85. The fourth-order valence-electron chi connectivity index (χ4n) is 2.14. The van der Waals surface area contributed by atoms with Crippen LogP contribution in [0.25, 0.3) is 0 Å². The predicted molar refractivity (Wildman–Crippen MR) is 89.4 cm³/mol. The van der Waals surface area contributed by atoms with Gasteiger partial charge in [-0.15, -0.1) is 0 Å². The summed E-state index contributed by atoms with van der Waals surface area (Å²) in [5, 5.41) is 4.37. The molecule has 3 nitrogen and oxygen atoms in total. The van der Waals surface area contributed by atoms with Crippen molar-refractivity contribution < 1.29 is 0 Å². The van der Waals surface area contributed by atoms with Crippen molar-refractivity contribution in [2.45, 2.75) is 26.7 Å². The molecule has 112 valence electrons. The first-order valence-corrected chi connectivity index (χ1v) is 7.72. The van der Waals surface area contributed by atoms with Crippen LogP contribution in [0.1, 0.15) is 30.9 Å². The fraction of sp³-hybridized carbons (Fsp3) is 0.375. The molecule has 1 aromatic carbocycles. The van der Waals surface area contributed by atoms with E-state index in [1.54, 1.807) is 0 Å². The van der Waals surface area contributed by atoms with Gasteiger partial charge in [0.2, 0.25) is 0 Å². The number of benzene rings is 1. The lowest BCUT2D eigenvalue weighted by Gasteiger charge is -2.11. The van der Waals surface area contributed by atoms with E-state index in [9.17, 15) is 0 Å². The molecule has 0 spiro atoms. The van der Waals surface area contributed by atoms with E-state index < -0.39 is 0 Å². The van der Waals surface area contributed by atoms with E-state index in [1.807, 2.05) is 31.3 Å². The van der Waals surface area contributed by atoms with Gasteiger partial charge in [-0.05, 0) is 30.0 Å². The topological polar surface area (TPSA) is 37.8 Å². The van der Waals surface area contributed by atoms with E-state index in [0.717, 1.165) is 29.3 Å². The molecular formula is C16H19Cl2N3. The largest absolute Gasteiger partial charge is 0.373 e. The molecule has 2 aromatic rings. The minimum Gasteiger partial charge on any atom is -0.373 e. The summed E-state index contributed by atoms with van der Waals surface area (Å²) >= 11 is 12.4. The smallest absolute Gasteiger partial charge is 0.135 e. The monoisotopic (exact) mass is 323 g/mol. The second kappa shape index (κ2) is 7.10. The molecule has 5 heteroatoms. The van der Waals surface area contributed by atoms with Gasteiger partial charge in [-0.3, -0.25) is 0 Å². The molecule has 0 aliphatic carbocycles. The zero-order chi connectivity index (χ0) is 15.4. The number of hydrogen-bond donors (Lipinski definition) is 1. The molecule has 0 bridgehead atoms. The van der Waals surface area contributed by atoms with Gasteiger partial charge in [0.25, 0.3) is 0 Å². The Morgan fingerprint density at radius 1 is 1.14 bits per heavy atom. The van der Waals surface area contributed by atoms with Crippen molar-refractivity contribution in [1.29, 1.82) is 0 Å². The molecule has 1 aromatic heterocycles. The lowest BCUT2D eigenvalue weighted by molar-refractivity contribution is 0.631.